The van der Waals surface area contributed by atoms with Crippen LogP contribution in [0.3, 0.4) is 0 Å². The van der Waals surface area contributed by atoms with Gasteiger partial charge in [0, 0.05) is 12.4 Å². The summed E-state index contributed by atoms with van der Waals surface area (Å²) in [5, 5.41) is 3.57. The summed E-state index contributed by atoms with van der Waals surface area (Å²) < 4.78 is 4.52. The Balaban J connectivity index is 2.49. The molecule has 2 rings (SSSR count). The van der Waals surface area contributed by atoms with E-state index in [9.17, 15) is 4.79 Å². The van der Waals surface area contributed by atoms with Crippen molar-refractivity contribution in [2.75, 3.05) is 0 Å². The summed E-state index contributed by atoms with van der Waals surface area (Å²) in [6.07, 6.45) is 4.06. The van der Waals surface area contributed by atoms with Crippen LogP contribution in [0, 0.1) is 0 Å². The number of nitrogens with one attached hydrogen (secondary N) is 1. The molecule has 6 nitrogen and oxygen atoms in total. The van der Waals surface area contributed by atoms with Crippen molar-refractivity contribution in [1.29, 1.82) is 0 Å². The lowest BCUT2D eigenvalue weighted by molar-refractivity contribution is 0.418. The Morgan fingerprint density at radius 3 is 2.92 bits per heavy atom. The molecule has 0 aliphatic rings. The van der Waals surface area contributed by atoms with Crippen LogP contribution in [0.5, 0.6) is 0 Å². The number of aromatic nitrogens is 4. The molecular weight excluding hydrogens is 160 g/mol. The second kappa shape index (κ2) is 2.57. The highest BCUT2D eigenvalue weighted by Crippen LogP contribution is 2.08. The first-order valence-electron chi connectivity index (χ1n) is 3.18. The average Bonchev–Trinajstić information content (AvgIpc) is 2.58. The number of hydrogen-bond donors (Lipinski definition) is 1. The van der Waals surface area contributed by atoms with Crippen molar-refractivity contribution in [1.82, 2.24) is 20.1 Å². The van der Waals surface area contributed by atoms with E-state index in [4.69, 9.17) is 0 Å². The Bertz CT molecular complexity index is 399. The number of rotatable bonds is 1. The largest absolute Gasteiger partial charge is 0.344 e. The first-order chi connectivity index (χ1) is 5.86. The number of hydrogen-bond acceptors (Lipinski definition) is 5. The summed E-state index contributed by atoms with van der Waals surface area (Å²) in [5.41, 5.74) is 0.214. The first kappa shape index (κ1) is 6.71. The maximum atomic E-state index is 10.6. The molecule has 0 aliphatic carbocycles. The molecule has 0 atom stereocenters. The van der Waals surface area contributed by atoms with E-state index in [0.29, 0.717) is 11.4 Å². The van der Waals surface area contributed by atoms with Crippen molar-refractivity contribution in [3.05, 3.63) is 29.3 Å². The zero-order valence-electron chi connectivity index (χ0n) is 5.89. The molecule has 0 bridgehead atoms. The zero-order chi connectivity index (χ0) is 8.39. The molecule has 12 heavy (non-hydrogen) atoms. The molecular formula is C6H4N4O2. The summed E-state index contributed by atoms with van der Waals surface area (Å²) in [6, 6.07) is 0. The lowest BCUT2D eigenvalue weighted by atomic mass is 10.3. The highest BCUT2D eigenvalue weighted by atomic mass is 16.5. The van der Waals surface area contributed by atoms with Crippen LogP contribution in [0.25, 0.3) is 11.4 Å². The monoisotopic (exact) mass is 164 g/mol. The summed E-state index contributed by atoms with van der Waals surface area (Å²) in [4.78, 5) is 20.2. The van der Waals surface area contributed by atoms with Crippen molar-refractivity contribution >= 4 is 0 Å². The smallest absolute Gasteiger partial charge is 0.342 e. The van der Waals surface area contributed by atoms with Crippen LogP contribution in [0.2, 0.25) is 0 Å². The molecule has 2 heterocycles. The van der Waals surface area contributed by atoms with Crippen molar-refractivity contribution in [3.63, 3.8) is 0 Å². The van der Waals surface area contributed by atoms with Gasteiger partial charge in [0.2, 0.25) is 12.2 Å². The summed E-state index contributed by atoms with van der Waals surface area (Å²) in [6.45, 7) is 0. The molecule has 0 saturated heterocycles. The third-order valence-corrected chi connectivity index (χ3v) is 1.29. The van der Waals surface area contributed by atoms with Crippen LogP contribution in [0.15, 0.2) is 28.1 Å². The van der Waals surface area contributed by atoms with E-state index in [1.165, 1.54) is 18.8 Å². The van der Waals surface area contributed by atoms with E-state index in [2.05, 4.69) is 24.6 Å². The van der Waals surface area contributed by atoms with Gasteiger partial charge in [0.05, 0.1) is 5.56 Å². The minimum Gasteiger partial charge on any atom is -0.342 e. The fourth-order valence-corrected chi connectivity index (χ4v) is 0.762. The van der Waals surface area contributed by atoms with Gasteiger partial charge in [-0.1, -0.05) is 5.16 Å². The summed E-state index contributed by atoms with van der Waals surface area (Å²) >= 11 is 0. The van der Waals surface area contributed by atoms with Gasteiger partial charge >= 0.3 is 5.69 Å². The Morgan fingerprint density at radius 2 is 2.33 bits per heavy atom. The lowest BCUT2D eigenvalue weighted by Gasteiger charge is -1.88. The van der Waals surface area contributed by atoms with Gasteiger partial charge in [-0.3, -0.25) is 0 Å². The van der Waals surface area contributed by atoms with E-state index in [1.807, 2.05) is 0 Å². The lowest BCUT2D eigenvalue weighted by Crippen LogP contribution is -2.07. The molecule has 60 valence electrons. The minimum absolute atomic E-state index is 0.401. The standard InChI is InChI=1S/C6H4N4O2/c11-6-7-1-4(2-8-6)5-9-3-12-10-5/h1-3H,(H,7,8,11). The van der Waals surface area contributed by atoms with Crippen molar-refractivity contribution in [3.8, 4) is 11.4 Å². The second-order valence-corrected chi connectivity index (χ2v) is 2.06. The fraction of sp³-hybridized carbons (Fsp3) is 0. The van der Waals surface area contributed by atoms with Gasteiger partial charge in [0.1, 0.15) is 0 Å². The fourth-order valence-electron chi connectivity index (χ4n) is 0.762. The molecule has 0 unspecified atom stereocenters. The molecule has 6 heteroatoms. The Morgan fingerprint density at radius 1 is 1.42 bits per heavy atom. The molecule has 0 spiro atoms. The van der Waals surface area contributed by atoms with Gasteiger partial charge < -0.3 is 9.51 Å². The molecule has 1 N–H and O–H groups in total. The second-order valence-electron chi connectivity index (χ2n) is 2.06. The van der Waals surface area contributed by atoms with E-state index in [1.54, 1.807) is 0 Å². The van der Waals surface area contributed by atoms with Gasteiger partial charge in [0.15, 0.2) is 0 Å². The number of aromatic amines is 1. The Kier molecular flexibility index (Phi) is 1.44. The quantitative estimate of drug-likeness (QED) is 0.631. The van der Waals surface area contributed by atoms with Crippen molar-refractivity contribution in [2.24, 2.45) is 0 Å². The maximum Gasteiger partial charge on any atom is 0.344 e. The Labute approximate surface area is 66.3 Å². The van der Waals surface area contributed by atoms with Crippen LogP contribution in [0.1, 0.15) is 0 Å². The van der Waals surface area contributed by atoms with Crippen molar-refractivity contribution < 1.29 is 4.52 Å². The normalized spacial score (nSPS) is 10.0. The van der Waals surface area contributed by atoms with Crippen LogP contribution < -0.4 is 5.69 Å². The van der Waals surface area contributed by atoms with E-state index >= 15 is 0 Å². The molecule has 0 aromatic carbocycles. The molecule has 0 radical (unpaired) electrons. The zero-order valence-corrected chi connectivity index (χ0v) is 5.89. The van der Waals surface area contributed by atoms with Crippen LogP contribution in [0.4, 0.5) is 0 Å². The van der Waals surface area contributed by atoms with Gasteiger partial charge in [-0.2, -0.15) is 4.98 Å². The van der Waals surface area contributed by atoms with Gasteiger partial charge in [-0.15, -0.1) is 0 Å². The topological polar surface area (TPSA) is 84.7 Å². The first-order valence-corrected chi connectivity index (χ1v) is 3.18. The minimum atomic E-state index is -0.401. The van der Waals surface area contributed by atoms with Crippen molar-refractivity contribution in [2.45, 2.75) is 0 Å². The van der Waals surface area contributed by atoms with Gasteiger partial charge in [-0.25, -0.2) is 9.78 Å². The Hall–Kier alpha value is -1.98. The molecule has 0 saturated carbocycles. The third kappa shape index (κ3) is 1.09. The van der Waals surface area contributed by atoms with Gasteiger partial charge in [0.25, 0.3) is 0 Å². The summed E-state index contributed by atoms with van der Waals surface area (Å²) in [5.74, 6) is 0.402. The number of H-pyrrole nitrogens is 1. The predicted octanol–water partition coefficient (Wildman–Crippen LogP) is -0.180. The maximum absolute atomic E-state index is 10.6. The molecule has 0 aliphatic heterocycles. The third-order valence-electron chi connectivity index (χ3n) is 1.29. The SMILES string of the molecule is O=c1ncc(-c2ncon2)c[nH]1. The van der Waals surface area contributed by atoms with E-state index in [0.717, 1.165) is 0 Å². The molecule has 2 aromatic heterocycles. The predicted molar refractivity (Wildman–Crippen MR) is 38.1 cm³/mol. The van der Waals surface area contributed by atoms with Crippen LogP contribution >= 0.6 is 0 Å². The number of nitrogens with zero attached hydrogens (tertiary/aromatic N) is 3. The highest BCUT2D eigenvalue weighted by molar-refractivity contribution is 5.49. The van der Waals surface area contributed by atoms with E-state index < -0.39 is 5.69 Å². The van der Waals surface area contributed by atoms with Gasteiger partial charge in [-0.05, 0) is 0 Å². The molecule has 0 fully saturated rings. The summed E-state index contributed by atoms with van der Waals surface area (Å²) in [7, 11) is 0. The highest BCUT2D eigenvalue weighted by Gasteiger charge is 2.01. The van der Waals surface area contributed by atoms with Crippen LogP contribution in [-0.2, 0) is 0 Å². The van der Waals surface area contributed by atoms with E-state index in [-0.39, 0.29) is 0 Å². The van der Waals surface area contributed by atoms with Crippen LogP contribution in [-0.4, -0.2) is 20.1 Å². The molecule has 0 amide bonds. The molecule has 2 aromatic rings. The average molecular weight is 164 g/mol.